The maximum atomic E-state index is 12.8. The van der Waals surface area contributed by atoms with Crippen LogP contribution in [0.5, 0.6) is 0 Å². The van der Waals surface area contributed by atoms with Crippen LogP contribution in [0.4, 0.5) is 11.4 Å². The van der Waals surface area contributed by atoms with Crippen LogP contribution in [0.1, 0.15) is 129 Å². The number of carbonyl (C=O) groups is 2. The lowest BCUT2D eigenvalue weighted by molar-refractivity contribution is -0.118. The minimum absolute atomic E-state index is 0.0484. The van der Waals surface area contributed by atoms with Gasteiger partial charge >= 0.3 is 15.2 Å². The number of nitrogens with zero attached hydrogens (tertiary/aromatic N) is 2. The van der Waals surface area contributed by atoms with Crippen molar-refractivity contribution in [3.8, 4) is 0 Å². The second-order valence-electron chi connectivity index (χ2n) is 23.1. The van der Waals surface area contributed by atoms with Crippen LogP contribution in [-0.2, 0) is 53.4 Å². The number of carbonyl (C=O) groups excluding carboxylic acids is 2. The zero-order valence-electron chi connectivity index (χ0n) is 44.3. The Kier molecular flexibility index (Phi) is 23.4. The highest BCUT2D eigenvalue weighted by molar-refractivity contribution is 9.26. The van der Waals surface area contributed by atoms with Crippen LogP contribution in [0.25, 0.3) is 0 Å². The Hall–Kier alpha value is -1.70. The molecule has 0 radical (unpaired) electrons. The summed E-state index contributed by atoms with van der Waals surface area (Å²) in [5.41, 5.74) is 8.17. The predicted molar refractivity (Wildman–Crippen MR) is 293 cm³/mol. The van der Waals surface area contributed by atoms with Crippen molar-refractivity contribution in [1.29, 1.82) is 0 Å². The summed E-state index contributed by atoms with van der Waals surface area (Å²) in [4.78, 5) is 46.8. The van der Waals surface area contributed by atoms with Gasteiger partial charge in [-0.15, -0.1) is 15.3 Å². The summed E-state index contributed by atoms with van der Waals surface area (Å²) in [6.45, 7) is 26.7. The number of amides is 2. The third-order valence-corrected chi connectivity index (χ3v) is 17.1. The fraction of sp³-hybridized carbons (Fsp3) is 0.736. The van der Waals surface area contributed by atoms with E-state index in [4.69, 9.17) is 18.8 Å². The Morgan fingerprint density at radius 2 is 1.03 bits per heavy atom. The fourth-order valence-corrected chi connectivity index (χ4v) is 12.4. The average Bonchev–Trinajstić information content (AvgIpc) is 3.87. The lowest BCUT2D eigenvalue weighted by Gasteiger charge is -2.37. The summed E-state index contributed by atoms with van der Waals surface area (Å²) >= 11 is 3.51. The van der Waals surface area contributed by atoms with Crippen LogP contribution in [0.2, 0.25) is 19.6 Å². The van der Waals surface area contributed by atoms with E-state index in [2.05, 4.69) is 124 Å². The van der Waals surface area contributed by atoms with E-state index in [1.165, 1.54) is 73.6 Å². The van der Waals surface area contributed by atoms with Crippen molar-refractivity contribution in [2.45, 2.75) is 152 Å². The first-order valence-electron chi connectivity index (χ1n) is 26.0. The van der Waals surface area contributed by atoms with Crippen LogP contribution in [-0.4, -0.2) is 93.1 Å². The monoisotopic (exact) mass is 1080 g/mol. The summed E-state index contributed by atoms with van der Waals surface area (Å²) in [5.74, 6) is 3.23. The molecule has 2 aromatic rings. The molecule has 16 heteroatoms. The molecule has 4 N–H and O–H groups in total. The maximum Gasteiger partial charge on any atom is 0.331 e. The van der Waals surface area contributed by atoms with Crippen molar-refractivity contribution in [1.82, 2.24) is 10.6 Å². The molecule has 2 aliphatic heterocycles. The summed E-state index contributed by atoms with van der Waals surface area (Å²) in [6.07, 6.45) is 14.7. The van der Waals surface area contributed by atoms with Gasteiger partial charge in [0.15, 0.2) is 0 Å². The van der Waals surface area contributed by atoms with Crippen LogP contribution in [0, 0.1) is 34.5 Å². The Labute approximate surface area is 426 Å². The topological polar surface area (TPSA) is 158 Å². The van der Waals surface area contributed by atoms with Crippen molar-refractivity contribution in [2.75, 3.05) is 74.6 Å². The first-order valence-corrected chi connectivity index (χ1v) is 35.3. The Balaban J connectivity index is 0.000000275. The molecule has 69 heavy (non-hydrogen) atoms. The number of nitrogens with one attached hydrogen (secondary N) is 2. The standard InChI is InChI=1S/C27H45N2O4P.C23H37N2O4P.C3H9BrSi/c1-6-32-34(31,33-7-2)17-15-28-20-26(30)29-16-14-23-19-22(10-13-25(23)29)18-21-8-11-24(12-9-21)27(3,4)5;1-23(2,3)20-7-4-17(5-8-20)14-18-6-9-21-19(15-18)10-12-25(21)22(26)16-24-11-13-30(27,28)29;1-5(2,3)4/h10,13,19,21,24,28H,6-9,11-12,14-18,20H2,1-5H3;6,9,15,17,20,24H,4-5,7-8,10-14,16H2,1-3H3,(H2,27,28,29);1-3H3. The lowest BCUT2D eigenvalue weighted by Crippen LogP contribution is -2.38. The molecule has 12 nitrogen and oxygen atoms in total. The largest absolute Gasteiger partial charge is 0.331 e. The number of fused-ring (bicyclic) bond motifs is 2. The Bertz CT molecular complexity index is 2020. The number of benzene rings is 2. The lowest BCUT2D eigenvalue weighted by atomic mass is 9.69. The highest BCUT2D eigenvalue weighted by atomic mass is 79.9. The van der Waals surface area contributed by atoms with Gasteiger partial charge in [-0.1, -0.05) is 85.4 Å². The average molecular weight is 1080 g/mol. The number of hydrogen-bond donors (Lipinski definition) is 4. The van der Waals surface area contributed by atoms with Gasteiger partial charge < -0.3 is 39.3 Å². The smallest absolute Gasteiger partial charge is 0.324 e. The molecule has 2 aliphatic carbocycles. The van der Waals surface area contributed by atoms with E-state index < -0.39 is 21.9 Å². The molecule has 0 spiro atoms. The first kappa shape index (κ1) is 59.9. The van der Waals surface area contributed by atoms with Crippen LogP contribution in [0.3, 0.4) is 0 Å². The zero-order chi connectivity index (χ0) is 51.2. The zero-order valence-corrected chi connectivity index (χ0v) is 48.7. The van der Waals surface area contributed by atoms with Gasteiger partial charge in [-0.3, -0.25) is 18.7 Å². The van der Waals surface area contributed by atoms with E-state index in [1.807, 2.05) is 4.90 Å². The molecule has 4 aliphatic rings. The van der Waals surface area contributed by atoms with E-state index in [9.17, 15) is 18.7 Å². The van der Waals surface area contributed by atoms with E-state index in [1.54, 1.807) is 18.7 Å². The molecule has 0 atom stereocenters. The van der Waals surface area contributed by atoms with Crippen molar-refractivity contribution in [3.05, 3.63) is 58.7 Å². The van der Waals surface area contributed by atoms with Crippen LogP contribution >= 0.6 is 30.5 Å². The summed E-state index contributed by atoms with van der Waals surface area (Å²) in [6, 6.07) is 13.2. The second kappa shape index (κ2) is 27.0. The minimum Gasteiger partial charge on any atom is -0.324 e. The SMILES string of the molecule is CC(C)(C)C1CCC(Cc2ccc3c(c2)CCN3C(=O)CNCCP(=O)(O)O)CC1.CCOP(=O)(CCNCC(=O)N1CCc2cc(CC3CCC(C(C)(C)C)CC3)ccc21)OCC.C[Si](C)(C)Br. The van der Waals surface area contributed by atoms with Gasteiger partial charge in [0.05, 0.1) is 38.6 Å². The van der Waals surface area contributed by atoms with Crippen molar-refractivity contribution in [2.24, 2.45) is 34.5 Å². The molecule has 392 valence electrons. The summed E-state index contributed by atoms with van der Waals surface area (Å²) in [7, 11) is -7.10. The highest BCUT2D eigenvalue weighted by Gasteiger charge is 2.33. The van der Waals surface area contributed by atoms with E-state index in [0.29, 0.717) is 37.1 Å². The van der Waals surface area contributed by atoms with E-state index in [-0.39, 0.29) is 43.8 Å². The van der Waals surface area contributed by atoms with Gasteiger partial charge in [-0.2, -0.15) is 0 Å². The molecule has 0 unspecified atom stereocenters. The van der Waals surface area contributed by atoms with Crippen molar-refractivity contribution >= 4 is 60.4 Å². The van der Waals surface area contributed by atoms with Crippen LogP contribution < -0.4 is 20.4 Å². The number of rotatable bonds is 18. The molecular formula is C53H91BrN4O8P2Si. The molecule has 2 amide bonds. The molecule has 6 rings (SSSR count). The van der Waals surface area contributed by atoms with Crippen LogP contribution in [0.15, 0.2) is 36.4 Å². The molecule has 2 fully saturated rings. The van der Waals surface area contributed by atoms with Gasteiger partial charge in [0.1, 0.15) is 6.69 Å². The summed E-state index contributed by atoms with van der Waals surface area (Å²) < 4.78 is 34.0. The molecule has 0 bridgehead atoms. The van der Waals surface area contributed by atoms with Crippen molar-refractivity contribution < 1.29 is 37.6 Å². The normalized spacial score (nSPS) is 20.9. The second-order valence-corrected chi connectivity index (χ2v) is 38.3. The quantitative estimate of drug-likeness (QED) is 0.0490. The molecule has 0 saturated heterocycles. The highest BCUT2D eigenvalue weighted by Crippen LogP contribution is 2.47. The van der Waals surface area contributed by atoms with Crippen molar-refractivity contribution in [3.63, 3.8) is 0 Å². The Morgan fingerprint density at radius 3 is 1.36 bits per heavy atom. The molecule has 0 aromatic heterocycles. The molecule has 2 aromatic carbocycles. The van der Waals surface area contributed by atoms with Gasteiger partial charge in [0, 0.05) is 37.6 Å². The minimum atomic E-state index is -4.02. The maximum absolute atomic E-state index is 12.8. The van der Waals surface area contributed by atoms with E-state index >= 15 is 0 Å². The fourth-order valence-electron chi connectivity index (χ4n) is 10.4. The molecule has 2 heterocycles. The third kappa shape index (κ3) is 21.0. The van der Waals surface area contributed by atoms with Gasteiger partial charge in [0.2, 0.25) is 11.8 Å². The molecular weight excluding hydrogens is 991 g/mol. The number of hydrogen-bond acceptors (Lipinski definition) is 8. The van der Waals surface area contributed by atoms with Gasteiger partial charge in [-0.25, -0.2) is 0 Å². The summed E-state index contributed by atoms with van der Waals surface area (Å²) in [5, 5.41) is 5.97. The number of halogens is 1. The molecule has 2 saturated carbocycles. The number of anilines is 2. The first-order chi connectivity index (χ1) is 32.2. The van der Waals surface area contributed by atoms with Gasteiger partial charge in [0.25, 0.3) is 0 Å². The Morgan fingerprint density at radius 1 is 0.667 bits per heavy atom. The third-order valence-electron chi connectivity index (χ3n) is 14.2. The van der Waals surface area contributed by atoms with Gasteiger partial charge in [-0.05, 0) is 160 Å². The van der Waals surface area contributed by atoms with E-state index in [0.717, 1.165) is 67.3 Å². The predicted octanol–water partition coefficient (Wildman–Crippen LogP) is 11.8.